The number of carbonyl (C=O) groups is 2. The summed E-state index contributed by atoms with van der Waals surface area (Å²) in [4.78, 5) is 31.4. The second-order valence-electron chi connectivity index (χ2n) is 6.89. The molecule has 0 spiro atoms. The minimum absolute atomic E-state index is 0.209. The first-order chi connectivity index (χ1) is 13.5. The van der Waals surface area contributed by atoms with Gasteiger partial charge in [0, 0.05) is 31.9 Å². The Labute approximate surface area is 165 Å². The summed E-state index contributed by atoms with van der Waals surface area (Å²) >= 11 is 0. The van der Waals surface area contributed by atoms with Crippen molar-refractivity contribution in [1.29, 1.82) is 0 Å². The highest BCUT2D eigenvalue weighted by Crippen LogP contribution is 2.16. The van der Waals surface area contributed by atoms with Crippen molar-refractivity contribution in [2.45, 2.75) is 13.8 Å². The highest BCUT2D eigenvalue weighted by atomic mass is 16.5. The summed E-state index contributed by atoms with van der Waals surface area (Å²) in [6.07, 6.45) is 0. The third kappa shape index (κ3) is 5.37. The van der Waals surface area contributed by atoms with Gasteiger partial charge in [0.15, 0.2) is 0 Å². The maximum atomic E-state index is 12.5. The van der Waals surface area contributed by atoms with Crippen molar-refractivity contribution in [2.24, 2.45) is 0 Å². The lowest BCUT2D eigenvalue weighted by molar-refractivity contribution is 0.0383. The van der Waals surface area contributed by atoms with E-state index in [0.717, 1.165) is 49.7 Å². The molecule has 1 saturated heterocycles. The highest BCUT2D eigenvalue weighted by Gasteiger charge is 2.14. The van der Waals surface area contributed by atoms with Gasteiger partial charge in [0.2, 0.25) is 0 Å². The van der Waals surface area contributed by atoms with E-state index in [-0.39, 0.29) is 23.2 Å². The number of amides is 2. The van der Waals surface area contributed by atoms with Gasteiger partial charge < -0.3 is 15.4 Å². The van der Waals surface area contributed by atoms with Crippen molar-refractivity contribution in [1.82, 2.24) is 15.2 Å². The third-order valence-corrected chi connectivity index (χ3v) is 4.66. The first kappa shape index (κ1) is 20.0. The van der Waals surface area contributed by atoms with Crippen LogP contribution in [0.4, 0.5) is 5.69 Å². The Morgan fingerprint density at radius 3 is 2.50 bits per heavy atom. The van der Waals surface area contributed by atoms with Crippen LogP contribution in [0, 0.1) is 13.8 Å². The van der Waals surface area contributed by atoms with Gasteiger partial charge in [0.1, 0.15) is 11.4 Å². The molecule has 1 aliphatic rings. The molecule has 1 aromatic carbocycles. The van der Waals surface area contributed by atoms with Crippen LogP contribution in [0.25, 0.3) is 0 Å². The predicted molar refractivity (Wildman–Crippen MR) is 108 cm³/mol. The molecule has 2 aromatic rings. The van der Waals surface area contributed by atoms with Gasteiger partial charge in [-0.3, -0.25) is 14.5 Å². The van der Waals surface area contributed by atoms with Crippen LogP contribution in [0.1, 0.15) is 32.1 Å². The van der Waals surface area contributed by atoms with E-state index in [1.807, 2.05) is 32.0 Å². The van der Waals surface area contributed by atoms with Crippen LogP contribution in [-0.4, -0.2) is 61.1 Å². The Hall–Kier alpha value is -2.77. The molecule has 0 radical (unpaired) electrons. The van der Waals surface area contributed by atoms with Gasteiger partial charge in [0.25, 0.3) is 11.8 Å². The Morgan fingerprint density at radius 1 is 1.07 bits per heavy atom. The lowest BCUT2D eigenvalue weighted by Crippen LogP contribution is -2.41. The average Bonchev–Trinajstić information content (AvgIpc) is 2.71. The van der Waals surface area contributed by atoms with E-state index in [9.17, 15) is 9.59 Å². The second kappa shape index (κ2) is 9.43. The minimum Gasteiger partial charge on any atom is -0.379 e. The van der Waals surface area contributed by atoms with Crippen LogP contribution in [0.2, 0.25) is 0 Å². The molecule has 3 rings (SSSR count). The number of nitrogens with one attached hydrogen (secondary N) is 2. The van der Waals surface area contributed by atoms with Gasteiger partial charge in [-0.2, -0.15) is 0 Å². The number of rotatable bonds is 6. The number of aromatic nitrogens is 1. The fourth-order valence-electron chi connectivity index (χ4n) is 3.07. The Bertz CT molecular complexity index is 847. The summed E-state index contributed by atoms with van der Waals surface area (Å²) in [5.74, 6) is -0.621. The summed E-state index contributed by atoms with van der Waals surface area (Å²) in [6, 6.07) is 10.7. The second-order valence-corrected chi connectivity index (χ2v) is 6.89. The van der Waals surface area contributed by atoms with Crippen LogP contribution >= 0.6 is 0 Å². The number of nitrogens with zero attached hydrogens (tertiary/aromatic N) is 2. The molecule has 2 heterocycles. The number of carbonyl (C=O) groups excluding carboxylic acids is 2. The molecular weight excluding hydrogens is 356 g/mol. The number of anilines is 1. The molecule has 0 unspecified atom stereocenters. The molecule has 2 amide bonds. The van der Waals surface area contributed by atoms with Gasteiger partial charge in [-0.15, -0.1) is 0 Å². The van der Waals surface area contributed by atoms with Crippen molar-refractivity contribution in [3.63, 3.8) is 0 Å². The molecule has 0 aliphatic carbocycles. The summed E-state index contributed by atoms with van der Waals surface area (Å²) in [5, 5.41) is 5.72. The van der Waals surface area contributed by atoms with Crippen molar-refractivity contribution >= 4 is 17.5 Å². The monoisotopic (exact) mass is 382 g/mol. The normalized spacial score (nSPS) is 14.5. The topological polar surface area (TPSA) is 83.6 Å². The van der Waals surface area contributed by atoms with Crippen LogP contribution in [0.15, 0.2) is 36.4 Å². The van der Waals surface area contributed by atoms with Gasteiger partial charge in [-0.25, -0.2) is 4.98 Å². The molecule has 7 nitrogen and oxygen atoms in total. The molecule has 28 heavy (non-hydrogen) atoms. The molecule has 2 N–H and O–H groups in total. The smallest absolute Gasteiger partial charge is 0.274 e. The van der Waals surface area contributed by atoms with Crippen molar-refractivity contribution in [2.75, 3.05) is 44.7 Å². The van der Waals surface area contributed by atoms with E-state index in [1.54, 1.807) is 18.2 Å². The van der Waals surface area contributed by atoms with E-state index in [2.05, 4.69) is 20.5 Å². The molecule has 0 atom stereocenters. The standard InChI is InChI=1S/C21H26N4O3/c1-15-6-7-17(16(2)14-15)24-21(27)19-5-3-4-18(23-19)20(26)22-8-9-25-10-12-28-13-11-25/h3-7,14H,8-13H2,1-2H3,(H,22,26)(H,24,27). The molecule has 1 fully saturated rings. The van der Waals surface area contributed by atoms with E-state index in [4.69, 9.17) is 4.74 Å². The number of morpholine rings is 1. The molecule has 0 bridgehead atoms. The number of aryl methyl sites for hydroxylation is 2. The zero-order chi connectivity index (χ0) is 19.9. The van der Waals surface area contributed by atoms with Crippen LogP contribution < -0.4 is 10.6 Å². The third-order valence-electron chi connectivity index (χ3n) is 4.66. The zero-order valence-electron chi connectivity index (χ0n) is 16.3. The van der Waals surface area contributed by atoms with E-state index >= 15 is 0 Å². The number of benzene rings is 1. The molecule has 1 aromatic heterocycles. The first-order valence-electron chi connectivity index (χ1n) is 9.47. The molecule has 1 aliphatic heterocycles. The summed E-state index contributed by atoms with van der Waals surface area (Å²) < 4.78 is 5.31. The van der Waals surface area contributed by atoms with Crippen LogP contribution in [0.3, 0.4) is 0 Å². The number of hydrogen-bond donors (Lipinski definition) is 2. The number of ether oxygens (including phenoxy) is 1. The van der Waals surface area contributed by atoms with Crippen molar-refractivity contribution in [3.8, 4) is 0 Å². The molecule has 7 heteroatoms. The zero-order valence-corrected chi connectivity index (χ0v) is 16.3. The quantitative estimate of drug-likeness (QED) is 0.799. The Kier molecular flexibility index (Phi) is 6.73. The first-order valence-corrected chi connectivity index (χ1v) is 9.47. The van der Waals surface area contributed by atoms with E-state index in [1.165, 1.54) is 0 Å². The largest absolute Gasteiger partial charge is 0.379 e. The summed E-state index contributed by atoms with van der Waals surface area (Å²) in [6.45, 7) is 8.45. The Balaban J connectivity index is 1.57. The van der Waals surface area contributed by atoms with Crippen LogP contribution in [-0.2, 0) is 4.74 Å². The van der Waals surface area contributed by atoms with Crippen molar-refractivity contribution in [3.05, 3.63) is 58.9 Å². The van der Waals surface area contributed by atoms with Gasteiger partial charge in [-0.1, -0.05) is 23.8 Å². The molecule has 0 saturated carbocycles. The van der Waals surface area contributed by atoms with Crippen molar-refractivity contribution < 1.29 is 14.3 Å². The maximum absolute atomic E-state index is 12.5. The fraction of sp³-hybridized carbons (Fsp3) is 0.381. The highest BCUT2D eigenvalue weighted by molar-refractivity contribution is 6.04. The van der Waals surface area contributed by atoms with Gasteiger partial charge in [-0.05, 0) is 37.6 Å². The predicted octanol–water partition coefficient (Wildman–Crippen LogP) is 2.01. The number of hydrogen-bond acceptors (Lipinski definition) is 5. The fourth-order valence-corrected chi connectivity index (χ4v) is 3.07. The summed E-state index contributed by atoms with van der Waals surface area (Å²) in [7, 11) is 0. The lowest BCUT2D eigenvalue weighted by Gasteiger charge is -2.26. The SMILES string of the molecule is Cc1ccc(NC(=O)c2cccc(C(=O)NCCN3CCOCC3)n2)c(C)c1. The van der Waals surface area contributed by atoms with Gasteiger partial charge >= 0.3 is 0 Å². The van der Waals surface area contributed by atoms with E-state index in [0.29, 0.717) is 6.54 Å². The average molecular weight is 382 g/mol. The minimum atomic E-state index is -0.338. The Morgan fingerprint density at radius 2 is 1.79 bits per heavy atom. The lowest BCUT2D eigenvalue weighted by atomic mass is 10.1. The summed E-state index contributed by atoms with van der Waals surface area (Å²) in [5.41, 5.74) is 3.28. The van der Waals surface area contributed by atoms with Gasteiger partial charge in [0.05, 0.1) is 13.2 Å². The van der Waals surface area contributed by atoms with E-state index < -0.39 is 0 Å². The molecular formula is C21H26N4O3. The number of pyridine rings is 1. The molecule has 148 valence electrons. The maximum Gasteiger partial charge on any atom is 0.274 e. The van der Waals surface area contributed by atoms with Crippen LogP contribution in [0.5, 0.6) is 0 Å².